The summed E-state index contributed by atoms with van der Waals surface area (Å²) >= 11 is 3.53. The van der Waals surface area contributed by atoms with Gasteiger partial charge in [0.15, 0.2) is 0 Å². The van der Waals surface area contributed by atoms with Gasteiger partial charge in [-0.25, -0.2) is 0 Å². The van der Waals surface area contributed by atoms with E-state index in [0.717, 1.165) is 28.7 Å². The van der Waals surface area contributed by atoms with Crippen LogP contribution in [-0.2, 0) is 12.8 Å². The molecule has 2 aromatic rings. The highest BCUT2D eigenvalue weighted by molar-refractivity contribution is 9.10. The van der Waals surface area contributed by atoms with Crippen molar-refractivity contribution < 1.29 is 5.11 Å². The van der Waals surface area contributed by atoms with Crippen LogP contribution in [0.5, 0.6) is 5.75 Å². The maximum Gasteiger partial charge on any atom is 0.115 e. The van der Waals surface area contributed by atoms with Crippen molar-refractivity contribution in [2.24, 2.45) is 10.2 Å². The number of halogens is 1. The van der Waals surface area contributed by atoms with Crippen molar-refractivity contribution in [3.63, 3.8) is 0 Å². The molecule has 0 unspecified atom stereocenters. The van der Waals surface area contributed by atoms with Gasteiger partial charge in [0.25, 0.3) is 0 Å². The molecule has 0 aromatic heterocycles. The highest BCUT2D eigenvalue weighted by atomic mass is 79.9. The van der Waals surface area contributed by atoms with Crippen molar-refractivity contribution in [1.29, 1.82) is 0 Å². The fraction of sp³-hybridized carbons (Fsp3) is 0.250. The summed E-state index contributed by atoms with van der Waals surface area (Å²) in [4.78, 5) is 0. The van der Waals surface area contributed by atoms with Gasteiger partial charge in [-0.15, -0.1) is 5.11 Å². The molecule has 0 aliphatic carbocycles. The molecular formula is C16H17BrN2O. The number of nitrogens with zero attached hydrogens (tertiary/aromatic N) is 2. The van der Waals surface area contributed by atoms with Crippen molar-refractivity contribution in [3.05, 3.63) is 52.0 Å². The summed E-state index contributed by atoms with van der Waals surface area (Å²) in [5.74, 6) is 0.232. The summed E-state index contributed by atoms with van der Waals surface area (Å²) in [6.45, 7) is 4.22. The lowest BCUT2D eigenvalue weighted by Crippen LogP contribution is -1.89. The Kier molecular flexibility index (Phi) is 4.90. The van der Waals surface area contributed by atoms with Crippen molar-refractivity contribution in [1.82, 2.24) is 0 Å². The number of hydrogen-bond donors (Lipinski definition) is 1. The second kappa shape index (κ2) is 6.66. The van der Waals surface area contributed by atoms with Crippen LogP contribution in [0.3, 0.4) is 0 Å². The molecule has 0 fully saturated rings. The van der Waals surface area contributed by atoms with Gasteiger partial charge in [0.05, 0.1) is 11.4 Å². The largest absolute Gasteiger partial charge is 0.508 e. The number of aryl methyl sites for hydroxylation is 2. The zero-order chi connectivity index (χ0) is 14.5. The second-order valence-electron chi connectivity index (χ2n) is 4.50. The van der Waals surface area contributed by atoms with Crippen LogP contribution >= 0.6 is 15.9 Å². The molecule has 0 aliphatic heterocycles. The van der Waals surface area contributed by atoms with E-state index in [1.807, 2.05) is 0 Å². The molecule has 3 nitrogen and oxygen atoms in total. The molecule has 20 heavy (non-hydrogen) atoms. The minimum atomic E-state index is 0.232. The molecule has 0 saturated carbocycles. The lowest BCUT2D eigenvalue weighted by molar-refractivity contribution is 0.475. The van der Waals surface area contributed by atoms with Crippen LogP contribution in [0.25, 0.3) is 0 Å². The average molecular weight is 333 g/mol. The van der Waals surface area contributed by atoms with E-state index in [4.69, 9.17) is 0 Å². The molecule has 2 rings (SSSR count). The Labute approximate surface area is 127 Å². The molecule has 0 radical (unpaired) electrons. The van der Waals surface area contributed by atoms with Gasteiger partial charge in [0, 0.05) is 4.47 Å². The van der Waals surface area contributed by atoms with E-state index in [9.17, 15) is 5.11 Å². The molecule has 0 heterocycles. The minimum Gasteiger partial charge on any atom is -0.508 e. The van der Waals surface area contributed by atoms with Crippen LogP contribution < -0.4 is 0 Å². The molecule has 104 valence electrons. The molecular weight excluding hydrogens is 316 g/mol. The molecule has 0 atom stereocenters. The van der Waals surface area contributed by atoms with Crippen LogP contribution in [0.1, 0.15) is 25.0 Å². The topological polar surface area (TPSA) is 45.0 Å². The third kappa shape index (κ3) is 3.45. The van der Waals surface area contributed by atoms with Crippen molar-refractivity contribution in [2.45, 2.75) is 26.7 Å². The number of azo groups is 1. The molecule has 0 spiro atoms. The Bertz CT molecular complexity index is 596. The van der Waals surface area contributed by atoms with Gasteiger partial charge >= 0.3 is 0 Å². The van der Waals surface area contributed by atoms with E-state index in [1.165, 1.54) is 11.1 Å². The maximum absolute atomic E-state index is 9.26. The van der Waals surface area contributed by atoms with E-state index in [2.05, 4.69) is 52.1 Å². The zero-order valence-corrected chi connectivity index (χ0v) is 13.2. The molecule has 0 saturated heterocycles. The average Bonchev–Trinajstić information content (AvgIpc) is 2.46. The quantitative estimate of drug-likeness (QED) is 0.717. The highest BCUT2D eigenvalue weighted by Gasteiger charge is 2.07. The third-order valence-electron chi connectivity index (χ3n) is 3.11. The lowest BCUT2D eigenvalue weighted by atomic mass is 10.0. The predicted molar refractivity (Wildman–Crippen MR) is 85.2 cm³/mol. The van der Waals surface area contributed by atoms with Crippen LogP contribution in [0.4, 0.5) is 11.4 Å². The second-order valence-corrected chi connectivity index (χ2v) is 5.41. The SMILES string of the molecule is CCc1cc(Br)cc(CC)c1N=Nc1ccc(O)cc1. The van der Waals surface area contributed by atoms with E-state index < -0.39 is 0 Å². The van der Waals surface area contributed by atoms with Gasteiger partial charge in [-0.2, -0.15) is 5.11 Å². The lowest BCUT2D eigenvalue weighted by Gasteiger charge is -2.09. The van der Waals surface area contributed by atoms with Gasteiger partial charge in [-0.1, -0.05) is 29.8 Å². The van der Waals surface area contributed by atoms with Gasteiger partial charge in [-0.05, 0) is 60.4 Å². The number of phenolic OH excluding ortho intramolecular Hbond substituents is 1. The number of rotatable bonds is 4. The van der Waals surface area contributed by atoms with Gasteiger partial charge in [0.1, 0.15) is 5.75 Å². The van der Waals surface area contributed by atoms with Crippen LogP contribution in [0.2, 0.25) is 0 Å². The highest BCUT2D eigenvalue weighted by Crippen LogP contribution is 2.31. The molecule has 0 bridgehead atoms. The molecule has 0 aliphatic rings. The van der Waals surface area contributed by atoms with Gasteiger partial charge < -0.3 is 5.11 Å². The Morgan fingerprint density at radius 3 is 2.00 bits per heavy atom. The van der Waals surface area contributed by atoms with E-state index >= 15 is 0 Å². The van der Waals surface area contributed by atoms with Crippen LogP contribution in [-0.4, -0.2) is 5.11 Å². The first-order valence-corrected chi connectivity index (χ1v) is 7.45. The predicted octanol–water partition coefficient (Wildman–Crippen LogP) is 5.69. The van der Waals surface area contributed by atoms with E-state index in [-0.39, 0.29) is 5.75 Å². The maximum atomic E-state index is 9.26. The summed E-state index contributed by atoms with van der Waals surface area (Å²) in [7, 11) is 0. The van der Waals surface area contributed by atoms with Crippen LogP contribution in [0, 0.1) is 0 Å². The summed E-state index contributed by atoms with van der Waals surface area (Å²) in [5, 5.41) is 17.9. The number of benzene rings is 2. The Hall–Kier alpha value is -1.68. The fourth-order valence-corrected chi connectivity index (χ4v) is 2.56. The number of hydrogen-bond acceptors (Lipinski definition) is 3. The van der Waals surface area contributed by atoms with Gasteiger partial charge in [0.2, 0.25) is 0 Å². The zero-order valence-electron chi connectivity index (χ0n) is 11.6. The normalized spacial score (nSPS) is 11.2. The first kappa shape index (κ1) is 14.7. The Balaban J connectivity index is 2.39. The van der Waals surface area contributed by atoms with Crippen molar-refractivity contribution in [3.8, 4) is 5.75 Å². The smallest absolute Gasteiger partial charge is 0.115 e. The Morgan fingerprint density at radius 2 is 1.50 bits per heavy atom. The standard InChI is InChI=1S/C16H17BrN2O/c1-3-11-9-13(17)10-12(4-2)16(11)19-18-14-5-7-15(20)8-6-14/h5-10,20H,3-4H2,1-2H3. The summed E-state index contributed by atoms with van der Waals surface area (Å²) in [6, 6.07) is 10.9. The monoisotopic (exact) mass is 332 g/mol. The van der Waals surface area contributed by atoms with Crippen molar-refractivity contribution >= 4 is 27.3 Å². The number of phenols is 1. The van der Waals surface area contributed by atoms with Crippen LogP contribution in [0.15, 0.2) is 51.1 Å². The summed E-state index contributed by atoms with van der Waals surface area (Å²) < 4.78 is 1.08. The molecule has 2 aromatic carbocycles. The minimum absolute atomic E-state index is 0.232. The Morgan fingerprint density at radius 1 is 0.950 bits per heavy atom. The fourth-order valence-electron chi connectivity index (χ4n) is 2.01. The first-order valence-electron chi connectivity index (χ1n) is 6.66. The third-order valence-corrected chi connectivity index (χ3v) is 3.57. The number of aromatic hydroxyl groups is 1. The van der Waals surface area contributed by atoms with Gasteiger partial charge in [-0.3, -0.25) is 0 Å². The summed E-state index contributed by atoms with van der Waals surface area (Å²) in [5.41, 5.74) is 4.04. The molecule has 1 N–H and O–H groups in total. The molecule has 4 heteroatoms. The first-order chi connectivity index (χ1) is 9.63. The van der Waals surface area contributed by atoms with E-state index in [0.29, 0.717) is 0 Å². The summed E-state index contributed by atoms with van der Waals surface area (Å²) in [6.07, 6.45) is 1.83. The van der Waals surface area contributed by atoms with Crippen molar-refractivity contribution in [2.75, 3.05) is 0 Å². The molecule has 0 amide bonds. The van der Waals surface area contributed by atoms with E-state index in [1.54, 1.807) is 24.3 Å².